The van der Waals surface area contributed by atoms with Gasteiger partial charge in [-0.05, 0) is 104 Å². The highest BCUT2D eigenvalue weighted by molar-refractivity contribution is 5.91. The number of nitrogens with zero attached hydrogens (tertiary/aromatic N) is 6. The molecule has 0 atom stereocenters. The molecule has 2 aromatic carbocycles. The standard InChI is InChI=1S/C40H43N7O2/c1-4-28-23-46(24-28)19-20-47-18-14-35-37(40(47)48)44-39(49-35)33-11-7-9-31(26(33)2)32-10-8-12-34(27(32)3)43-38-36-30(13-15-41-38)21-29(22-42-36)25-45-16-5-6-17-45/h7-15,18,21-22,28H,4-6,16-17,19-20,23-25H2,1-3H3,(H,41,43). The average Bonchev–Trinajstić information content (AvgIpc) is 3.77. The zero-order chi connectivity index (χ0) is 33.5. The summed E-state index contributed by atoms with van der Waals surface area (Å²) in [6, 6.07) is 18.6. The summed E-state index contributed by atoms with van der Waals surface area (Å²) in [5.74, 6) is 1.98. The van der Waals surface area contributed by atoms with Crippen molar-refractivity contribution >= 4 is 33.5 Å². The summed E-state index contributed by atoms with van der Waals surface area (Å²) in [4.78, 5) is 32.6. The van der Waals surface area contributed by atoms with Crippen molar-refractivity contribution in [3.05, 3.63) is 100 Å². The summed E-state index contributed by atoms with van der Waals surface area (Å²) in [6.45, 7) is 13.5. The number of benzene rings is 2. The topological polar surface area (TPSA) is 92.3 Å². The van der Waals surface area contributed by atoms with E-state index in [0.717, 1.165) is 95.4 Å². The van der Waals surface area contributed by atoms with Crippen molar-refractivity contribution in [3.63, 3.8) is 0 Å². The van der Waals surface area contributed by atoms with Crippen LogP contribution in [0.25, 0.3) is 44.6 Å². The van der Waals surface area contributed by atoms with E-state index in [1.54, 1.807) is 4.57 Å². The number of oxazole rings is 1. The Morgan fingerprint density at radius 3 is 2.47 bits per heavy atom. The first kappa shape index (κ1) is 31.4. The van der Waals surface area contributed by atoms with Crippen molar-refractivity contribution < 1.29 is 4.42 Å². The highest BCUT2D eigenvalue weighted by Gasteiger charge is 2.25. The fraction of sp³-hybridized carbons (Fsp3) is 0.350. The Balaban J connectivity index is 1.05. The van der Waals surface area contributed by atoms with Crippen LogP contribution in [0.3, 0.4) is 0 Å². The smallest absolute Gasteiger partial charge is 0.280 e. The van der Waals surface area contributed by atoms with E-state index in [0.29, 0.717) is 23.5 Å². The van der Waals surface area contributed by atoms with Gasteiger partial charge < -0.3 is 19.2 Å². The number of likely N-dealkylation sites (tertiary alicyclic amines) is 2. The highest BCUT2D eigenvalue weighted by Crippen LogP contribution is 2.37. The molecule has 250 valence electrons. The van der Waals surface area contributed by atoms with Gasteiger partial charge in [-0.25, -0.2) is 9.97 Å². The van der Waals surface area contributed by atoms with E-state index in [1.165, 1.54) is 24.8 Å². The first-order valence-electron chi connectivity index (χ1n) is 17.6. The Morgan fingerprint density at radius 2 is 1.65 bits per heavy atom. The van der Waals surface area contributed by atoms with Gasteiger partial charge in [0, 0.05) is 68.0 Å². The second-order valence-corrected chi connectivity index (χ2v) is 13.7. The van der Waals surface area contributed by atoms with Gasteiger partial charge in [0.15, 0.2) is 16.9 Å². The summed E-state index contributed by atoms with van der Waals surface area (Å²) in [7, 11) is 0. The third-order valence-corrected chi connectivity index (χ3v) is 10.5. The van der Waals surface area contributed by atoms with Gasteiger partial charge >= 0.3 is 0 Å². The fourth-order valence-corrected chi connectivity index (χ4v) is 7.45. The Kier molecular flexibility index (Phi) is 8.47. The minimum atomic E-state index is -0.108. The first-order chi connectivity index (χ1) is 23.9. The summed E-state index contributed by atoms with van der Waals surface area (Å²) in [6.07, 6.45) is 9.43. The maximum absolute atomic E-state index is 13.4. The molecule has 0 aliphatic carbocycles. The third kappa shape index (κ3) is 6.13. The maximum Gasteiger partial charge on any atom is 0.280 e. The Bertz CT molecular complexity index is 2210. The van der Waals surface area contributed by atoms with Crippen LogP contribution in [0, 0.1) is 19.8 Å². The third-order valence-electron chi connectivity index (χ3n) is 10.5. The molecule has 6 aromatic rings. The van der Waals surface area contributed by atoms with Crippen LogP contribution in [0.4, 0.5) is 11.5 Å². The molecule has 2 fully saturated rings. The van der Waals surface area contributed by atoms with Crippen LogP contribution in [-0.4, -0.2) is 62.0 Å². The van der Waals surface area contributed by atoms with E-state index in [-0.39, 0.29) is 5.56 Å². The molecule has 0 amide bonds. The van der Waals surface area contributed by atoms with Gasteiger partial charge in [0.05, 0.1) is 0 Å². The number of rotatable bonds is 10. The Labute approximate surface area is 286 Å². The lowest BCUT2D eigenvalue weighted by Gasteiger charge is -2.38. The SMILES string of the molecule is CCC1CN(CCn2ccc3oc(-c4cccc(-c5cccc(Nc6nccc7cc(CN8CCCC8)cnc67)c5C)c4C)nc3c2=O)C1. The van der Waals surface area contributed by atoms with E-state index in [4.69, 9.17) is 14.4 Å². The molecule has 2 aliphatic heterocycles. The first-order valence-corrected chi connectivity index (χ1v) is 17.6. The number of fused-ring (bicyclic) bond motifs is 2. The molecule has 8 rings (SSSR count). The molecule has 0 radical (unpaired) electrons. The summed E-state index contributed by atoms with van der Waals surface area (Å²) in [5.41, 5.74) is 9.01. The van der Waals surface area contributed by atoms with Gasteiger partial charge in [-0.1, -0.05) is 37.6 Å². The molecule has 4 aromatic heterocycles. The van der Waals surface area contributed by atoms with E-state index in [9.17, 15) is 4.79 Å². The molecule has 2 saturated heterocycles. The van der Waals surface area contributed by atoms with Gasteiger partial charge in [0.1, 0.15) is 5.52 Å². The monoisotopic (exact) mass is 653 g/mol. The second-order valence-electron chi connectivity index (χ2n) is 13.7. The summed E-state index contributed by atoms with van der Waals surface area (Å²) >= 11 is 0. The minimum Gasteiger partial charge on any atom is -0.436 e. The van der Waals surface area contributed by atoms with Gasteiger partial charge in [-0.2, -0.15) is 0 Å². The number of aromatic nitrogens is 4. The molecule has 49 heavy (non-hydrogen) atoms. The molecule has 9 nitrogen and oxygen atoms in total. The number of hydrogen-bond acceptors (Lipinski definition) is 8. The highest BCUT2D eigenvalue weighted by atomic mass is 16.3. The number of hydrogen-bond donors (Lipinski definition) is 1. The lowest BCUT2D eigenvalue weighted by molar-refractivity contribution is 0.0935. The van der Waals surface area contributed by atoms with Crippen molar-refractivity contribution in [2.75, 3.05) is 38.0 Å². The fourth-order valence-electron chi connectivity index (χ4n) is 7.45. The largest absolute Gasteiger partial charge is 0.436 e. The van der Waals surface area contributed by atoms with Crippen LogP contribution in [0.5, 0.6) is 0 Å². The van der Waals surface area contributed by atoms with Gasteiger partial charge in [0.25, 0.3) is 5.56 Å². The summed E-state index contributed by atoms with van der Waals surface area (Å²) in [5, 5.41) is 4.67. The van der Waals surface area contributed by atoms with Crippen LogP contribution in [0.15, 0.2) is 82.4 Å². The Morgan fingerprint density at radius 1 is 0.878 bits per heavy atom. The lowest BCUT2D eigenvalue weighted by Crippen LogP contribution is -2.47. The van der Waals surface area contributed by atoms with Gasteiger partial charge in [-0.3, -0.25) is 14.7 Å². The molecule has 0 saturated carbocycles. The molecule has 0 bridgehead atoms. The molecule has 0 spiro atoms. The second kappa shape index (κ2) is 13.2. The molecule has 1 N–H and O–H groups in total. The lowest BCUT2D eigenvalue weighted by atomic mass is 9.93. The van der Waals surface area contributed by atoms with Crippen LogP contribution in [0.2, 0.25) is 0 Å². The predicted molar refractivity (Wildman–Crippen MR) is 196 cm³/mol. The molecule has 0 unspecified atom stereocenters. The van der Waals surface area contributed by atoms with Gasteiger partial charge in [-0.15, -0.1) is 0 Å². The van der Waals surface area contributed by atoms with Crippen LogP contribution >= 0.6 is 0 Å². The van der Waals surface area contributed by atoms with E-state index in [1.807, 2.05) is 42.9 Å². The van der Waals surface area contributed by atoms with Crippen molar-refractivity contribution in [2.45, 2.75) is 53.1 Å². The zero-order valence-corrected chi connectivity index (χ0v) is 28.6. The van der Waals surface area contributed by atoms with Crippen LogP contribution in [-0.2, 0) is 13.1 Å². The van der Waals surface area contributed by atoms with Gasteiger partial charge in [0.2, 0.25) is 5.89 Å². The molecular weight excluding hydrogens is 610 g/mol. The van der Waals surface area contributed by atoms with E-state index < -0.39 is 0 Å². The summed E-state index contributed by atoms with van der Waals surface area (Å²) < 4.78 is 7.96. The minimum absolute atomic E-state index is 0.108. The maximum atomic E-state index is 13.4. The Hall–Kier alpha value is -4.86. The van der Waals surface area contributed by atoms with Crippen molar-refractivity contribution in [1.29, 1.82) is 0 Å². The van der Waals surface area contributed by atoms with E-state index >= 15 is 0 Å². The van der Waals surface area contributed by atoms with Crippen molar-refractivity contribution in [2.24, 2.45) is 5.92 Å². The number of nitrogens with one attached hydrogen (secondary N) is 1. The molecular formula is C40H43N7O2. The van der Waals surface area contributed by atoms with Crippen molar-refractivity contribution in [3.8, 4) is 22.6 Å². The molecule has 6 heterocycles. The number of anilines is 2. The quantitative estimate of drug-likeness (QED) is 0.162. The number of pyridine rings is 3. The zero-order valence-electron chi connectivity index (χ0n) is 28.6. The predicted octanol–water partition coefficient (Wildman–Crippen LogP) is 7.56. The van der Waals surface area contributed by atoms with Crippen LogP contribution < -0.4 is 10.9 Å². The molecule has 2 aliphatic rings. The average molecular weight is 654 g/mol. The van der Waals surface area contributed by atoms with E-state index in [2.05, 4.69) is 71.2 Å². The normalized spacial score (nSPS) is 15.7. The molecule has 9 heteroatoms. The van der Waals surface area contributed by atoms with Crippen molar-refractivity contribution in [1.82, 2.24) is 29.3 Å². The van der Waals surface area contributed by atoms with Crippen LogP contribution in [0.1, 0.15) is 42.9 Å².